The Hall–Kier alpha value is -2.90. The number of carbonyl (C=O) groups is 4. The first kappa shape index (κ1) is 19.9. The molecule has 8 nitrogen and oxygen atoms in total. The zero-order chi connectivity index (χ0) is 20.3. The van der Waals surface area contributed by atoms with Gasteiger partial charge in [0, 0.05) is 13.0 Å². The van der Waals surface area contributed by atoms with Crippen LogP contribution < -0.4 is 5.32 Å². The van der Waals surface area contributed by atoms with E-state index in [1.54, 1.807) is 11.8 Å². The van der Waals surface area contributed by atoms with Crippen LogP contribution in [0, 0.1) is 5.92 Å². The molecule has 0 saturated carbocycles. The number of carbonyl (C=O) groups excluding carboxylic acids is 4. The molecule has 3 rings (SSSR count). The highest BCUT2D eigenvalue weighted by Gasteiger charge is 2.51. The molecule has 1 aromatic carbocycles. The number of rotatable bonds is 5. The van der Waals surface area contributed by atoms with Gasteiger partial charge in [0.2, 0.25) is 17.7 Å². The minimum atomic E-state index is -0.476. The van der Waals surface area contributed by atoms with E-state index in [9.17, 15) is 19.2 Å². The van der Waals surface area contributed by atoms with Gasteiger partial charge in [0.05, 0.1) is 38.2 Å². The summed E-state index contributed by atoms with van der Waals surface area (Å²) in [5.41, 5.74) is 0.878. The Balaban J connectivity index is 1.79. The summed E-state index contributed by atoms with van der Waals surface area (Å²) in [5.74, 6) is -1.55. The van der Waals surface area contributed by atoms with Crippen LogP contribution in [0.15, 0.2) is 30.3 Å². The topological polar surface area (TPSA) is 96.0 Å². The number of hydrogen-bond acceptors (Lipinski definition) is 5. The van der Waals surface area contributed by atoms with Crippen molar-refractivity contribution in [1.82, 2.24) is 15.1 Å². The summed E-state index contributed by atoms with van der Waals surface area (Å²) in [6.07, 6.45) is 0.727. The molecular weight excluding hydrogens is 362 g/mol. The molecule has 2 saturated heterocycles. The Morgan fingerprint density at radius 2 is 1.93 bits per heavy atom. The van der Waals surface area contributed by atoms with Crippen LogP contribution in [0.5, 0.6) is 0 Å². The lowest BCUT2D eigenvalue weighted by Gasteiger charge is -2.40. The first-order valence-corrected chi connectivity index (χ1v) is 9.44. The first-order valence-electron chi connectivity index (χ1n) is 9.44. The number of nitrogens with one attached hydrogen (secondary N) is 1. The molecule has 0 bridgehead atoms. The molecule has 8 heteroatoms. The number of esters is 1. The predicted molar refractivity (Wildman–Crippen MR) is 99.8 cm³/mol. The molecule has 0 unspecified atom stereocenters. The predicted octanol–water partition coefficient (Wildman–Crippen LogP) is 0.486. The van der Waals surface area contributed by atoms with E-state index < -0.39 is 12.0 Å². The lowest BCUT2D eigenvalue weighted by molar-refractivity contribution is -0.150. The second kappa shape index (κ2) is 8.41. The summed E-state index contributed by atoms with van der Waals surface area (Å²) in [5, 5.41) is 2.55. The van der Waals surface area contributed by atoms with Crippen molar-refractivity contribution in [1.29, 1.82) is 0 Å². The van der Waals surface area contributed by atoms with E-state index in [0.717, 1.165) is 5.56 Å². The van der Waals surface area contributed by atoms with E-state index in [0.29, 0.717) is 19.4 Å². The van der Waals surface area contributed by atoms with E-state index in [-0.39, 0.29) is 42.8 Å². The van der Waals surface area contributed by atoms with E-state index in [1.807, 2.05) is 30.3 Å². The van der Waals surface area contributed by atoms with Crippen molar-refractivity contribution < 1.29 is 23.9 Å². The Morgan fingerprint density at radius 1 is 1.21 bits per heavy atom. The van der Waals surface area contributed by atoms with Gasteiger partial charge >= 0.3 is 5.97 Å². The van der Waals surface area contributed by atoms with Crippen molar-refractivity contribution in [3.8, 4) is 0 Å². The van der Waals surface area contributed by atoms with Crippen LogP contribution in [0.3, 0.4) is 0 Å². The van der Waals surface area contributed by atoms with E-state index >= 15 is 0 Å². The maximum Gasteiger partial charge on any atom is 0.311 e. The maximum atomic E-state index is 12.9. The van der Waals surface area contributed by atoms with Gasteiger partial charge in [-0.05, 0) is 12.0 Å². The van der Waals surface area contributed by atoms with Gasteiger partial charge in [0.25, 0.3) is 0 Å². The van der Waals surface area contributed by atoms with E-state index in [1.165, 1.54) is 12.0 Å². The Labute approximate surface area is 163 Å². The molecule has 2 aliphatic rings. The number of amides is 3. The summed E-state index contributed by atoms with van der Waals surface area (Å²) in [4.78, 5) is 52.3. The molecule has 0 radical (unpaired) electrons. The van der Waals surface area contributed by atoms with Gasteiger partial charge in [0.1, 0.15) is 0 Å². The monoisotopic (exact) mass is 387 g/mol. The van der Waals surface area contributed by atoms with Gasteiger partial charge in [-0.1, -0.05) is 37.3 Å². The fourth-order valence-electron chi connectivity index (χ4n) is 4.06. The van der Waals surface area contributed by atoms with Gasteiger partial charge in [-0.2, -0.15) is 0 Å². The van der Waals surface area contributed by atoms with Crippen LogP contribution in [0.25, 0.3) is 0 Å². The first-order chi connectivity index (χ1) is 13.5. The minimum absolute atomic E-state index is 0.0610. The molecule has 0 aliphatic carbocycles. The Bertz CT molecular complexity index is 766. The number of benzene rings is 1. The SMILES string of the molecule is CCC(=O)NCC(=O)N1CC(=O)N2[C@@H](C[C@H](C(=O)OC)[C@@H]2c2ccccc2)C1. The average Bonchev–Trinajstić information content (AvgIpc) is 3.11. The second-order valence-corrected chi connectivity index (χ2v) is 7.08. The molecule has 0 spiro atoms. The number of fused-ring (bicyclic) bond motifs is 1. The molecule has 3 amide bonds. The smallest absolute Gasteiger partial charge is 0.311 e. The largest absolute Gasteiger partial charge is 0.469 e. The Morgan fingerprint density at radius 3 is 2.57 bits per heavy atom. The third kappa shape index (κ3) is 3.85. The van der Waals surface area contributed by atoms with Gasteiger partial charge < -0.3 is 19.9 Å². The van der Waals surface area contributed by atoms with Crippen LogP contribution in [-0.4, -0.2) is 66.3 Å². The molecule has 2 fully saturated rings. The van der Waals surface area contributed by atoms with Gasteiger partial charge in [-0.25, -0.2) is 0 Å². The molecular formula is C20H25N3O5. The third-order valence-corrected chi connectivity index (χ3v) is 5.40. The zero-order valence-corrected chi connectivity index (χ0v) is 16.1. The van der Waals surface area contributed by atoms with Crippen molar-refractivity contribution in [2.45, 2.75) is 31.8 Å². The zero-order valence-electron chi connectivity index (χ0n) is 16.1. The summed E-state index contributed by atoms with van der Waals surface area (Å²) >= 11 is 0. The van der Waals surface area contributed by atoms with Crippen molar-refractivity contribution in [3.05, 3.63) is 35.9 Å². The van der Waals surface area contributed by atoms with Gasteiger partial charge in [0.15, 0.2) is 0 Å². The Kier molecular flexibility index (Phi) is 5.96. The normalized spacial score (nSPS) is 23.9. The lowest BCUT2D eigenvalue weighted by Crippen LogP contribution is -2.57. The van der Waals surface area contributed by atoms with Crippen LogP contribution in [0.2, 0.25) is 0 Å². The highest BCUT2D eigenvalue weighted by atomic mass is 16.5. The van der Waals surface area contributed by atoms with Crippen molar-refractivity contribution >= 4 is 23.7 Å². The van der Waals surface area contributed by atoms with E-state index in [2.05, 4.69) is 5.32 Å². The van der Waals surface area contributed by atoms with Crippen molar-refractivity contribution in [3.63, 3.8) is 0 Å². The maximum absolute atomic E-state index is 12.9. The summed E-state index contributed by atoms with van der Waals surface area (Å²) < 4.78 is 4.97. The fraction of sp³-hybridized carbons (Fsp3) is 0.500. The summed E-state index contributed by atoms with van der Waals surface area (Å²) in [7, 11) is 1.34. The number of ether oxygens (including phenoxy) is 1. The summed E-state index contributed by atoms with van der Waals surface area (Å²) in [6, 6.07) is 8.76. The number of piperazine rings is 1. The van der Waals surface area contributed by atoms with Gasteiger partial charge in [-0.15, -0.1) is 0 Å². The number of methoxy groups -OCH3 is 1. The molecule has 2 aliphatic heterocycles. The van der Waals surface area contributed by atoms with Crippen molar-refractivity contribution in [2.75, 3.05) is 26.7 Å². The lowest BCUT2D eigenvalue weighted by atomic mass is 9.93. The summed E-state index contributed by atoms with van der Waals surface area (Å²) in [6.45, 7) is 1.85. The number of nitrogens with zero attached hydrogens (tertiary/aromatic N) is 2. The van der Waals surface area contributed by atoms with Crippen LogP contribution in [-0.2, 0) is 23.9 Å². The molecule has 2 heterocycles. The van der Waals surface area contributed by atoms with Crippen LogP contribution >= 0.6 is 0 Å². The minimum Gasteiger partial charge on any atom is -0.469 e. The average molecular weight is 387 g/mol. The highest BCUT2D eigenvalue weighted by molar-refractivity contribution is 5.90. The number of hydrogen-bond donors (Lipinski definition) is 1. The quantitative estimate of drug-likeness (QED) is 0.742. The molecule has 150 valence electrons. The standard InChI is InChI=1S/C20H25N3O5/c1-3-16(24)21-10-17(25)22-11-14-9-15(20(27)28-2)19(23(14)18(26)12-22)13-7-5-4-6-8-13/h4-8,14-15,19H,3,9-12H2,1-2H3,(H,21,24)/t14-,15-,19-/m0/s1. The van der Waals surface area contributed by atoms with Crippen LogP contribution in [0.4, 0.5) is 0 Å². The molecule has 1 aromatic rings. The van der Waals surface area contributed by atoms with Crippen LogP contribution in [0.1, 0.15) is 31.4 Å². The highest BCUT2D eigenvalue weighted by Crippen LogP contribution is 2.43. The fourth-order valence-corrected chi connectivity index (χ4v) is 4.06. The molecule has 1 N–H and O–H groups in total. The van der Waals surface area contributed by atoms with E-state index in [4.69, 9.17) is 4.74 Å². The van der Waals surface area contributed by atoms with Crippen molar-refractivity contribution in [2.24, 2.45) is 5.92 Å². The molecule has 28 heavy (non-hydrogen) atoms. The molecule has 0 aromatic heterocycles. The second-order valence-electron chi connectivity index (χ2n) is 7.08. The van der Waals surface area contributed by atoms with Gasteiger partial charge in [-0.3, -0.25) is 19.2 Å². The third-order valence-electron chi connectivity index (χ3n) is 5.40. The molecule has 3 atom stereocenters.